The van der Waals surface area contributed by atoms with Crippen LogP contribution in [0.1, 0.15) is 36.5 Å². The van der Waals surface area contributed by atoms with E-state index in [4.69, 9.17) is 5.10 Å². The Labute approximate surface area is 181 Å². The summed E-state index contributed by atoms with van der Waals surface area (Å²) in [7, 11) is 0. The first-order chi connectivity index (χ1) is 14.7. The Hall–Kier alpha value is -3.18. The fourth-order valence-electron chi connectivity index (χ4n) is 3.04. The summed E-state index contributed by atoms with van der Waals surface area (Å²) < 4.78 is 1.83. The lowest BCUT2D eigenvalue weighted by atomic mass is 10.0. The van der Waals surface area contributed by atoms with Gasteiger partial charge in [-0.05, 0) is 22.6 Å². The Morgan fingerprint density at radius 1 is 0.867 bits per heavy atom. The van der Waals surface area contributed by atoms with Gasteiger partial charge >= 0.3 is 0 Å². The number of nitrogens with zero attached hydrogens (tertiary/aromatic N) is 4. The number of benzene rings is 3. The summed E-state index contributed by atoms with van der Waals surface area (Å²) in [5.74, 6) is 2.06. The quantitative estimate of drug-likeness (QED) is 0.266. The summed E-state index contributed by atoms with van der Waals surface area (Å²) in [5, 5.41) is 14.4. The average Bonchev–Trinajstić information content (AvgIpc) is 3.20. The van der Waals surface area contributed by atoms with Crippen LogP contribution in [0.4, 0.5) is 0 Å². The molecule has 0 saturated heterocycles. The second kappa shape index (κ2) is 9.55. The lowest BCUT2D eigenvalue weighted by Crippen LogP contribution is -1.97. The molecular formula is C25H24N4S. The van der Waals surface area contributed by atoms with E-state index in [0.29, 0.717) is 5.92 Å². The van der Waals surface area contributed by atoms with Gasteiger partial charge in [-0.1, -0.05) is 111 Å². The average molecular weight is 413 g/mol. The Morgan fingerprint density at radius 2 is 1.53 bits per heavy atom. The van der Waals surface area contributed by atoms with Crippen molar-refractivity contribution in [2.24, 2.45) is 5.10 Å². The van der Waals surface area contributed by atoms with E-state index in [0.717, 1.165) is 27.9 Å². The molecule has 1 heterocycles. The van der Waals surface area contributed by atoms with Gasteiger partial charge in [-0.2, -0.15) is 9.78 Å². The molecule has 30 heavy (non-hydrogen) atoms. The van der Waals surface area contributed by atoms with Crippen LogP contribution in [-0.4, -0.2) is 21.1 Å². The van der Waals surface area contributed by atoms with Gasteiger partial charge in [0.25, 0.3) is 0 Å². The molecule has 0 spiro atoms. The van der Waals surface area contributed by atoms with Crippen LogP contribution < -0.4 is 0 Å². The van der Waals surface area contributed by atoms with Crippen molar-refractivity contribution in [3.05, 3.63) is 102 Å². The summed E-state index contributed by atoms with van der Waals surface area (Å²) in [5.41, 5.74) is 4.60. The highest BCUT2D eigenvalue weighted by Crippen LogP contribution is 2.26. The fourth-order valence-corrected chi connectivity index (χ4v) is 3.88. The predicted octanol–water partition coefficient (Wildman–Crippen LogP) is 6.24. The van der Waals surface area contributed by atoms with Gasteiger partial charge in [-0.25, -0.2) is 0 Å². The van der Waals surface area contributed by atoms with Gasteiger partial charge in [0, 0.05) is 11.3 Å². The standard InChI is InChI=1S/C25H24N4S/c1-19(2)22-15-13-20(14-16-22)17-26-29-24(23-11-7-4-8-12-23)27-28-25(29)30-18-21-9-5-3-6-10-21/h3-17,19H,18H2,1-2H3/b26-17-. The van der Waals surface area contributed by atoms with Crippen molar-refractivity contribution in [2.75, 3.05) is 0 Å². The van der Waals surface area contributed by atoms with Crippen molar-refractivity contribution < 1.29 is 0 Å². The minimum absolute atomic E-state index is 0.513. The Balaban J connectivity index is 1.63. The smallest absolute Gasteiger partial charge is 0.187 e. The molecule has 150 valence electrons. The molecule has 4 rings (SSSR count). The first-order valence-corrected chi connectivity index (χ1v) is 11.0. The van der Waals surface area contributed by atoms with Crippen molar-refractivity contribution >= 4 is 18.0 Å². The van der Waals surface area contributed by atoms with E-state index in [2.05, 4.69) is 72.6 Å². The van der Waals surface area contributed by atoms with E-state index in [9.17, 15) is 0 Å². The van der Waals surface area contributed by atoms with E-state index in [-0.39, 0.29) is 0 Å². The second-order valence-electron chi connectivity index (χ2n) is 7.32. The maximum atomic E-state index is 4.75. The van der Waals surface area contributed by atoms with Crippen LogP contribution in [0.5, 0.6) is 0 Å². The zero-order valence-corrected chi connectivity index (χ0v) is 18.0. The minimum atomic E-state index is 0.513. The van der Waals surface area contributed by atoms with Gasteiger partial charge in [-0.3, -0.25) is 0 Å². The molecule has 4 nitrogen and oxygen atoms in total. The maximum absolute atomic E-state index is 4.75. The second-order valence-corrected chi connectivity index (χ2v) is 8.27. The van der Waals surface area contributed by atoms with E-state index < -0.39 is 0 Å². The normalized spacial score (nSPS) is 11.4. The summed E-state index contributed by atoms with van der Waals surface area (Å²) in [6, 6.07) is 28.9. The topological polar surface area (TPSA) is 43.1 Å². The van der Waals surface area contributed by atoms with E-state index >= 15 is 0 Å². The number of hydrogen-bond donors (Lipinski definition) is 0. The van der Waals surface area contributed by atoms with Crippen LogP contribution in [0, 0.1) is 0 Å². The molecule has 5 heteroatoms. The van der Waals surface area contributed by atoms with Crippen molar-refractivity contribution in [3.63, 3.8) is 0 Å². The van der Waals surface area contributed by atoms with Crippen molar-refractivity contribution in [3.8, 4) is 11.4 Å². The third kappa shape index (κ3) is 4.86. The van der Waals surface area contributed by atoms with Crippen LogP contribution >= 0.6 is 11.8 Å². The van der Waals surface area contributed by atoms with Crippen LogP contribution in [0.15, 0.2) is 95.2 Å². The Kier molecular flexibility index (Phi) is 6.40. The molecule has 0 atom stereocenters. The highest BCUT2D eigenvalue weighted by atomic mass is 32.2. The molecule has 0 bridgehead atoms. The highest BCUT2D eigenvalue weighted by Gasteiger charge is 2.14. The SMILES string of the molecule is CC(C)c1ccc(/C=N\n2c(SCc3ccccc3)nnc2-c2ccccc2)cc1. The van der Waals surface area contributed by atoms with Crippen molar-refractivity contribution in [1.82, 2.24) is 14.9 Å². The first-order valence-electron chi connectivity index (χ1n) is 10.0. The molecule has 0 saturated carbocycles. The monoisotopic (exact) mass is 412 g/mol. The van der Waals surface area contributed by atoms with Crippen molar-refractivity contribution in [2.45, 2.75) is 30.7 Å². The van der Waals surface area contributed by atoms with Crippen LogP contribution in [-0.2, 0) is 5.75 Å². The molecule has 0 amide bonds. The summed E-state index contributed by atoms with van der Waals surface area (Å²) in [6.07, 6.45) is 1.87. The number of thioether (sulfide) groups is 1. The molecule has 4 aromatic rings. The summed E-state index contributed by atoms with van der Waals surface area (Å²) >= 11 is 1.63. The molecule has 0 aliphatic heterocycles. The summed E-state index contributed by atoms with van der Waals surface area (Å²) in [6.45, 7) is 4.39. The molecule has 0 aliphatic carbocycles. The van der Waals surface area contributed by atoms with Crippen LogP contribution in [0.2, 0.25) is 0 Å². The molecule has 0 aliphatic rings. The van der Waals surface area contributed by atoms with Gasteiger partial charge in [0.1, 0.15) is 0 Å². The predicted molar refractivity (Wildman–Crippen MR) is 125 cm³/mol. The van der Waals surface area contributed by atoms with Gasteiger partial charge in [0.2, 0.25) is 5.16 Å². The van der Waals surface area contributed by atoms with E-state index in [1.807, 2.05) is 47.3 Å². The largest absolute Gasteiger partial charge is 0.212 e. The Bertz CT molecular complexity index is 1100. The minimum Gasteiger partial charge on any atom is -0.187 e. The van der Waals surface area contributed by atoms with Crippen LogP contribution in [0.25, 0.3) is 11.4 Å². The first kappa shape index (κ1) is 20.1. The third-order valence-electron chi connectivity index (χ3n) is 4.78. The van der Waals surface area contributed by atoms with Crippen LogP contribution in [0.3, 0.4) is 0 Å². The lowest BCUT2D eigenvalue weighted by molar-refractivity contribution is 0.772. The lowest BCUT2D eigenvalue weighted by Gasteiger charge is -2.06. The van der Waals surface area contributed by atoms with Gasteiger partial charge in [0.15, 0.2) is 5.82 Å². The van der Waals surface area contributed by atoms with Crippen molar-refractivity contribution in [1.29, 1.82) is 0 Å². The van der Waals surface area contributed by atoms with E-state index in [1.54, 1.807) is 11.8 Å². The van der Waals surface area contributed by atoms with E-state index in [1.165, 1.54) is 11.1 Å². The zero-order valence-electron chi connectivity index (χ0n) is 17.1. The molecule has 0 fully saturated rings. The fraction of sp³-hybridized carbons (Fsp3) is 0.160. The molecular weight excluding hydrogens is 388 g/mol. The summed E-state index contributed by atoms with van der Waals surface area (Å²) in [4.78, 5) is 0. The molecule has 1 aromatic heterocycles. The van der Waals surface area contributed by atoms with Gasteiger partial charge in [0.05, 0.1) is 6.21 Å². The molecule has 0 unspecified atom stereocenters. The van der Waals surface area contributed by atoms with Gasteiger partial charge < -0.3 is 0 Å². The van der Waals surface area contributed by atoms with Gasteiger partial charge in [-0.15, -0.1) is 10.2 Å². The number of hydrogen-bond acceptors (Lipinski definition) is 4. The number of rotatable bonds is 7. The third-order valence-corrected chi connectivity index (χ3v) is 5.77. The maximum Gasteiger partial charge on any atom is 0.212 e. The zero-order chi connectivity index (χ0) is 20.8. The highest BCUT2D eigenvalue weighted by molar-refractivity contribution is 7.98. The number of aromatic nitrogens is 3. The Morgan fingerprint density at radius 3 is 2.20 bits per heavy atom. The molecule has 0 radical (unpaired) electrons. The molecule has 3 aromatic carbocycles. The molecule has 0 N–H and O–H groups in total.